The standard InChI is InChI=1S/C24H20B2.C22H14.4CH3.2Sn/c1-25-21-9-5-3-7-17(21)11-13-19-16-24-20(15-23(19)25)14-12-18-8-4-6-10-22(18)26(24)2;1-3-7-19(8-4-1)11-13-21-15-17-22(18-16-21)14-12-20-9-5-2-6-10-20;;;;;;/h3-16H,1-2H3;1-7,9,11-15,18H;4*1H3;;. The van der Waals surface area contributed by atoms with Crippen molar-refractivity contribution < 1.29 is 0 Å². The van der Waals surface area contributed by atoms with Gasteiger partial charge in [0.15, 0.2) is 0 Å². The number of benzene rings is 6. The summed E-state index contributed by atoms with van der Waals surface area (Å²) in [5.41, 5.74) is 16.9. The summed E-state index contributed by atoms with van der Waals surface area (Å²) >= 11 is -5.30. The molecule has 0 unspecified atom stereocenters. The first kappa shape index (κ1) is 35.7. The van der Waals surface area contributed by atoms with Gasteiger partial charge >= 0.3 is 178 Å². The average Bonchev–Trinajstić information content (AvgIpc) is 3.53. The van der Waals surface area contributed by atoms with E-state index >= 15 is 0 Å². The van der Waals surface area contributed by atoms with Gasteiger partial charge in [0.1, 0.15) is 0 Å². The molecule has 0 N–H and O–H groups in total. The summed E-state index contributed by atoms with van der Waals surface area (Å²) in [5, 5.41) is 0. The molecule has 0 aliphatic carbocycles. The van der Waals surface area contributed by atoms with Crippen LogP contribution in [0.5, 0.6) is 0 Å². The van der Waals surface area contributed by atoms with E-state index < -0.39 is 36.8 Å². The number of rotatable bonds is 0. The minimum atomic E-state index is -2.65. The van der Waals surface area contributed by atoms with Gasteiger partial charge in [-0.25, -0.2) is 0 Å². The molecular weight excluding hydrogens is 860 g/mol. The molecule has 0 radical (unpaired) electrons. The van der Waals surface area contributed by atoms with Crippen molar-refractivity contribution in [1.82, 2.24) is 0 Å². The van der Waals surface area contributed by atoms with Crippen LogP contribution in [-0.2, 0) is 0 Å². The molecular formula is C50H46B2Sn2. The summed E-state index contributed by atoms with van der Waals surface area (Å²) in [4.78, 5) is 10.3. The number of hydrogen-bond donors (Lipinski definition) is 0. The van der Waals surface area contributed by atoms with E-state index in [9.17, 15) is 0 Å². The van der Waals surface area contributed by atoms with E-state index in [1.165, 1.54) is 66.4 Å². The van der Waals surface area contributed by atoms with Gasteiger partial charge in [-0.15, -0.1) is 0 Å². The van der Waals surface area contributed by atoms with E-state index in [1.54, 1.807) is 14.3 Å². The fraction of sp³-hybridized carbons (Fsp3) is 0.120. The van der Waals surface area contributed by atoms with Crippen LogP contribution in [0.3, 0.4) is 0 Å². The Morgan fingerprint density at radius 2 is 0.611 bits per heavy atom. The van der Waals surface area contributed by atoms with Gasteiger partial charge in [0.05, 0.1) is 0 Å². The zero-order valence-electron chi connectivity index (χ0n) is 32.3. The maximum absolute atomic E-state index is 2.65. The quantitative estimate of drug-likeness (QED) is 0.139. The molecule has 6 aromatic rings. The van der Waals surface area contributed by atoms with E-state index in [2.05, 4.69) is 203 Å². The van der Waals surface area contributed by atoms with Crippen LogP contribution in [-0.4, -0.2) is 50.2 Å². The van der Waals surface area contributed by atoms with Gasteiger partial charge in [0, 0.05) is 0 Å². The zero-order valence-corrected chi connectivity index (χ0v) is 38.0. The average molecular weight is 906 g/mol. The Balaban J connectivity index is 0.000000143. The summed E-state index contributed by atoms with van der Waals surface area (Å²) in [7, 11) is 0. The molecule has 0 bridgehead atoms. The van der Waals surface area contributed by atoms with Crippen LogP contribution in [0.1, 0.15) is 44.5 Å². The van der Waals surface area contributed by atoms with E-state index in [0.29, 0.717) is 13.4 Å². The summed E-state index contributed by atoms with van der Waals surface area (Å²) in [6.45, 7) is 5.46. The molecule has 4 aliphatic heterocycles. The molecule has 6 aromatic carbocycles. The van der Waals surface area contributed by atoms with Crippen molar-refractivity contribution in [2.75, 3.05) is 0 Å². The van der Waals surface area contributed by atoms with Crippen molar-refractivity contribution in [3.8, 4) is 0 Å². The van der Waals surface area contributed by atoms with Crippen LogP contribution in [0.2, 0.25) is 33.4 Å². The van der Waals surface area contributed by atoms with Crippen molar-refractivity contribution in [3.05, 3.63) is 166 Å². The van der Waals surface area contributed by atoms with Crippen LogP contribution in [0, 0.1) is 0 Å². The first-order valence-electron chi connectivity index (χ1n) is 19.6. The second kappa shape index (κ2) is 13.9. The number of fused-ring (bicyclic) bond motifs is 8. The molecule has 4 heteroatoms. The fourth-order valence-corrected chi connectivity index (χ4v) is 27.2. The third kappa shape index (κ3) is 6.09. The Morgan fingerprint density at radius 1 is 0.296 bits per heavy atom. The molecule has 4 heterocycles. The third-order valence-corrected chi connectivity index (χ3v) is 33.2. The van der Waals surface area contributed by atoms with Crippen LogP contribution in [0.15, 0.2) is 121 Å². The minimum absolute atomic E-state index is 0.399. The van der Waals surface area contributed by atoms with Crippen LogP contribution in [0.25, 0.3) is 48.6 Å². The molecule has 0 spiro atoms. The normalized spacial score (nSPS) is 15.9. The van der Waals surface area contributed by atoms with Gasteiger partial charge in [-0.2, -0.15) is 0 Å². The van der Waals surface area contributed by atoms with Gasteiger partial charge in [0.2, 0.25) is 13.4 Å². The first-order valence-corrected chi connectivity index (χ1v) is 36.7. The Kier molecular flexibility index (Phi) is 9.22. The monoisotopic (exact) mass is 908 g/mol. The van der Waals surface area contributed by atoms with Gasteiger partial charge in [-0.3, -0.25) is 0 Å². The van der Waals surface area contributed by atoms with Crippen LogP contribution in [0.4, 0.5) is 0 Å². The molecule has 0 amide bonds. The zero-order chi connectivity index (χ0) is 37.2. The molecule has 4 aliphatic rings. The van der Waals surface area contributed by atoms with Crippen molar-refractivity contribution in [2.45, 2.75) is 33.4 Å². The SMILES string of the molecule is CB1c2ccccc2C=Cc2cc3c(cc21)C=Cc1ccccc1B3C.[CH3][Sn]1([CH3])[c]2ccccc2C=Cc2c[c]3c(c[c]21)C=Cc1cccc[c]1[Sn]3([CH3])[CH3]. The van der Waals surface area contributed by atoms with Crippen molar-refractivity contribution in [2.24, 2.45) is 0 Å². The molecule has 0 saturated carbocycles. The molecule has 0 atom stereocenters. The summed E-state index contributed by atoms with van der Waals surface area (Å²) in [6, 6.07) is 45.6. The van der Waals surface area contributed by atoms with Gasteiger partial charge in [-0.05, 0) is 22.3 Å². The molecule has 0 saturated heterocycles. The van der Waals surface area contributed by atoms with E-state index in [-0.39, 0.29) is 0 Å². The second-order valence-electron chi connectivity index (χ2n) is 16.6. The summed E-state index contributed by atoms with van der Waals surface area (Å²) < 4.78 is 6.53. The van der Waals surface area contributed by atoms with Crippen molar-refractivity contribution >= 4 is 135 Å². The summed E-state index contributed by atoms with van der Waals surface area (Å²) in [6.07, 6.45) is 18.6. The third-order valence-electron chi connectivity index (χ3n) is 12.8. The summed E-state index contributed by atoms with van der Waals surface area (Å²) in [5.74, 6) is 0. The van der Waals surface area contributed by atoms with Crippen LogP contribution >= 0.6 is 0 Å². The Labute approximate surface area is 331 Å². The molecule has 10 rings (SSSR count). The van der Waals surface area contributed by atoms with Crippen molar-refractivity contribution in [3.63, 3.8) is 0 Å². The van der Waals surface area contributed by atoms with E-state index in [0.717, 1.165) is 0 Å². The Bertz CT molecular complexity index is 2420. The van der Waals surface area contributed by atoms with Gasteiger partial charge in [0.25, 0.3) is 0 Å². The molecule has 0 aromatic heterocycles. The van der Waals surface area contributed by atoms with Crippen molar-refractivity contribution in [1.29, 1.82) is 0 Å². The number of hydrogen-bond acceptors (Lipinski definition) is 0. The van der Waals surface area contributed by atoms with Gasteiger partial charge in [-0.1, -0.05) is 120 Å². The fourth-order valence-electron chi connectivity index (χ4n) is 9.58. The molecule has 0 nitrogen and oxygen atoms in total. The molecule has 54 heavy (non-hydrogen) atoms. The Hall–Kier alpha value is -3.99. The predicted octanol–water partition coefficient (Wildman–Crippen LogP) is 7.43. The maximum atomic E-state index is 2.58. The van der Waals surface area contributed by atoms with E-state index in [4.69, 9.17) is 0 Å². The Morgan fingerprint density at radius 3 is 1.04 bits per heavy atom. The molecule has 260 valence electrons. The molecule has 0 fully saturated rings. The predicted molar refractivity (Wildman–Crippen MR) is 250 cm³/mol. The topological polar surface area (TPSA) is 0 Å². The second-order valence-corrected chi connectivity index (χ2v) is 41.3. The van der Waals surface area contributed by atoms with Crippen LogP contribution < -0.4 is 36.2 Å². The van der Waals surface area contributed by atoms with E-state index in [1.807, 2.05) is 0 Å². The first-order chi connectivity index (χ1) is 26.1. The van der Waals surface area contributed by atoms with Gasteiger partial charge < -0.3 is 0 Å².